The van der Waals surface area contributed by atoms with Crippen molar-refractivity contribution < 1.29 is 36.2 Å². The monoisotopic (exact) mass is 516 g/mol. The van der Waals surface area contributed by atoms with Crippen molar-refractivity contribution in [1.82, 2.24) is 9.78 Å². The molecule has 0 bridgehead atoms. The maximum Gasteiger partial charge on any atom is 0.433 e. The van der Waals surface area contributed by atoms with Crippen LogP contribution >= 0.6 is 11.3 Å². The SMILES string of the molecule is CCCCOc1cc(CCC(=O)O)cc(S(=O)(=O)c2ccc(-c3cc(C(F)(F)F)n(C)n3)s2)c1. The first-order valence-electron chi connectivity index (χ1n) is 10.4. The second kappa shape index (κ2) is 10.2. The molecule has 2 aromatic heterocycles. The second-order valence-electron chi connectivity index (χ2n) is 7.57. The molecule has 3 rings (SSSR count). The fourth-order valence-electron chi connectivity index (χ4n) is 3.17. The van der Waals surface area contributed by atoms with Crippen LogP contribution < -0.4 is 4.74 Å². The number of alkyl halides is 3. The van der Waals surface area contributed by atoms with Gasteiger partial charge in [-0.1, -0.05) is 13.3 Å². The Morgan fingerprint density at radius 1 is 1.21 bits per heavy atom. The van der Waals surface area contributed by atoms with Gasteiger partial charge in [-0.2, -0.15) is 18.3 Å². The molecule has 184 valence electrons. The maximum atomic E-state index is 13.3. The van der Waals surface area contributed by atoms with Gasteiger partial charge < -0.3 is 9.84 Å². The quantitative estimate of drug-likeness (QED) is 0.372. The van der Waals surface area contributed by atoms with E-state index < -0.39 is 27.7 Å². The Kier molecular flexibility index (Phi) is 7.71. The Morgan fingerprint density at radius 2 is 1.94 bits per heavy atom. The molecule has 0 aliphatic rings. The summed E-state index contributed by atoms with van der Waals surface area (Å²) in [5, 5.41) is 12.8. The van der Waals surface area contributed by atoms with Crippen molar-refractivity contribution in [2.24, 2.45) is 7.05 Å². The molecule has 0 spiro atoms. The molecular weight excluding hydrogens is 493 g/mol. The first-order chi connectivity index (χ1) is 15.9. The summed E-state index contributed by atoms with van der Waals surface area (Å²) in [5.74, 6) is -0.704. The third kappa shape index (κ3) is 5.98. The van der Waals surface area contributed by atoms with E-state index in [0.29, 0.717) is 22.6 Å². The van der Waals surface area contributed by atoms with Gasteiger partial charge in [0.05, 0.1) is 16.4 Å². The molecule has 0 saturated heterocycles. The predicted molar refractivity (Wildman–Crippen MR) is 120 cm³/mol. The maximum absolute atomic E-state index is 13.3. The predicted octanol–water partition coefficient (Wildman–Crippen LogP) is 5.20. The van der Waals surface area contributed by atoms with Crippen LogP contribution in [0.15, 0.2) is 45.5 Å². The standard InChI is InChI=1S/C22H23F3N2O5S2/c1-3-4-9-32-15-10-14(5-7-20(28)29)11-16(12-15)34(30,31)21-8-6-18(33-21)17-13-19(22(23,24)25)27(2)26-17/h6,8,10-13H,3-5,7,9H2,1-2H3,(H,28,29). The average molecular weight is 517 g/mol. The number of ether oxygens (including phenoxy) is 1. The molecule has 0 aliphatic heterocycles. The van der Waals surface area contributed by atoms with E-state index >= 15 is 0 Å². The van der Waals surface area contributed by atoms with Crippen molar-refractivity contribution in [3.05, 3.63) is 47.7 Å². The Morgan fingerprint density at radius 3 is 2.56 bits per heavy atom. The zero-order valence-corrected chi connectivity index (χ0v) is 20.1. The number of thiophene rings is 1. The lowest BCUT2D eigenvalue weighted by molar-refractivity contribution is -0.143. The van der Waals surface area contributed by atoms with Crippen LogP contribution in [0.5, 0.6) is 5.75 Å². The number of hydrogen-bond acceptors (Lipinski definition) is 6. The van der Waals surface area contributed by atoms with Gasteiger partial charge in [-0.15, -0.1) is 11.3 Å². The molecular formula is C22H23F3N2O5S2. The Bertz CT molecular complexity index is 1280. The number of hydrogen-bond donors (Lipinski definition) is 1. The number of aliphatic carboxylic acids is 1. The van der Waals surface area contributed by atoms with Crippen LogP contribution in [-0.2, 0) is 34.3 Å². The summed E-state index contributed by atoms with van der Waals surface area (Å²) >= 11 is 0.806. The van der Waals surface area contributed by atoms with E-state index in [1.165, 1.54) is 31.3 Å². The van der Waals surface area contributed by atoms with Gasteiger partial charge in [-0.25, -0.2) is 8.42 Å². The van der Waals surface area contributed by atoms with Gasteiger partial charge in [-0.3, -0.25) is 9.48 Å². The van der Waals surface area contributed by atoms with Gasteiger partial charge in [0, 0.05) is 13.5 Å². The Labute approximate surface area is 198 Å². The molecule has 0 saturated carbocycles. The van der Waals surface area contributed by atoms with E-state index in [-0.39, 0.29) is 32.5 Å². The fraction of sp³-hybridized carbons (Fsp3) is 0.364. The van der Waals surface area contributed by atoms with Crippen molar-refractivity contribution in [1.29, 1.82) is 0 Å². The molecule has 0 unspecified atom stereocenters. The molecule has 0 radical (unpaired) electrons. The summed E-state index contributed by atoms with van der Waals surface area (Å²) in [4.78, 5) is 11.2. The van der Waals surface area contributed by atoms with Gasteiger partial charge in [0.15, 0.2) is 0 Å². The molecule has 0 atom stereocenters. The highest BCUT2D eigenvalue weighted by atomic mass is 32.2. The van der Waals surface area contributed by atoms with Gasteiger partial charge in [-0.05, 0) is 54.8 Å². The minimum absolute atomic E-state index is 0.0140. The molecule has 3 aromatic rings. The highest BCUT2D eigenvalue weighted by molar-refractivity contribution is 7.93. The smallest absolute Gasteiger partial charge is 0.433 e. The van der Waals surface area contributed by atoms with Gasteiger partial charge in [0.25, 0.3) is 0 Å². The van der Waals surface area contributed by atoms with Crippen molar-refractivity contribution >= 4 is 27.1 Å². The second-order valence-corrected chi connectivity index (χ2v) is 10.8. The summed E-state index contributed by atoms with van der Waals surface area (Å²) < 4.78 is 72.2. The lowest BCUT2D eigenvalue weighted by Gasteiger charge is -2.11. The lowest BCUT2D eigenvalue weighted by Crippen LogP contribution is -2.11. The van der Waals surface area contributed by atoms with Crippen LogP contribution in [0.3, 0.4) is 0 Å². The average Bonchev–Trinajstić information content (AvgIpc) is 3.39. The van der Waals surface area contributed by atoms with Crippen molar-refractivity contribution in [2.45, 2.75) is 47.9 Å². The van der Waals surface area contributed by atoms with Crippen molar-refractivity contribution in [3.8, 4) is 16.3 Å². The summed E-state index contributed by atoms with van der Waals surface area (Å²) in [7, 11) is -2.87. The van der Waals surface area contributed by atoms with Crippen LogP contribution in [0.2, 0.25) is 0 Å². The summed E-state index contributed by atoms with van der Waals surface area (Å²) in [6.45, 7) is 2.36. The van der Waals surface area contributed by atoms with Crippen LogP contribution in [0.1, 0.15) is 37.4 Å². The van der Waals surface area contributed by atoms with Gasteiger partial charge >= 0.3 is 12.1 Å². The van der Waals surface area contributed by atoms with E-state index in [0.717, 1.165) is 30.2 Å². The molecule has 7 nitrogen and oxygen atoms in total. The largest absolute Gasteiger partial charge is 0.494 e. The normalized spacial score (nSPS) is 12.1. The highest BCUT2D eigenvalue weighted by Crippen LogP contribution is 2.37. The fourth-order valence-corrected chi connectivity index (χ4v) is 5.92. The van der Waals surface area contributed by atoms with Gasteiger partial charge in [0.1, 0.15) is 21.3 Å². The number of rotatable bonds is 10. The lowest BCUT2D eigenvalue weighted by atomic mass is 10.1. The minimum Gasteiger partial charge on any atom is -0.494 e. The molecule has 1 aromatic carbocycles. The number of carboxylic acid groups (broad SMARTS) is 1. The number of unbranched alkanes of at least 4 members (excludes halogenated alkanes) is 1. The summed E-state index contributed by atoms with van der Waals surface area (Å²) in [5.41, 5.74) is -0.438. The molecule has 0 aliphatic carbocycles. The number of benzene rings is 1. The van der Waals surface area contributed by atoms with Crippen molar-refractivity contribution in [2.75, 3.05) is 6.61 Å². The van der Waals surface area contributed by atoms with E-state index in [2.05, 4.69) is 5.10 Å². The topological polar surface area (TPSA) is 98.5 Å². The molecule has 34 heavy (non-hydrogen) atoms. The number of nitrogens with zero attached hydrogens (tertiary/aromatic N) is 2. The minimum atomic E-state index is -4.59. The number of carboxylic acids is 1. The first-order valence-corrected chi connectivity index (χ1v) is 12.7. The molecule has 12 heteroatoms. The highest BCUT2D eigenvalue weighted by Gasteiger charge is 2.35. The Hall–Kier alpha value is -2.86. The molecule has 0 fully saturated rings. The third-order valence-corrected chi connectivity index (χ3v) is 8.25. The number of carbonyl (C=O) groups is 1. The van der Waals surface area contributed by atoms with E-state index in [4.69, 9.17) is 9.84 Å². The first kappa shape index (κ1) is 25.8. The third-order valence-electron chi connectivity index (χ3n) is 4.91. The number of halogens is 3. The summed E-state index contributed by atoms with van der Waals surface area (Å²) in [6, 6.07) is 7.98. The van der Waals surface area contributed by atoms with Crippen LogP contribution in [0, 0.1) is 0 Å². The van der Waals surface area contributed by atoms with Crippen LogP contribution in [0.4, 0.5) is 13.2 Å². The molecule has 0 amide bonds. The zero-order chi connectivity index (χ0) is 25.1. The van der Waals surface area contributed by atoms with Crippen LogP contribution in [-0.4, -0.2) is 35.9 Å². The number of aromatic nitrogens is 2. The van der Waals surface area contributed by atoms with Gasteiger partial charge in [0.2, 0.25) is 9.84 Å². The summed E-state index contributed by atoms with van der Waals surface area (Å²) in [6.07, 6.45) is -3.00. The number of aryl methyl sites for hydroxylation is 2. The molecule has 1 N–H and O–H groups in total. The van der Waals surface area contributed by atoms with Crippen molar-refractivity contribution in [3.63, 3.8) is 0 Å². The van der Waals surface area contributed by atoms with E-state index in [1.807, 2.05) is 6.92 Å². The van der Waals surface area contributed by atoms with E-state index in [1.54, 1.807) is 6.07 Å². The van der Waals surface area contributed by atoms with E-state index in [9.17, 15) is 26.4 Å². The Balaban J connectivity index is 1.96. The number of sulfone groups is 1. The molecule has 2 heterocycles. The zero-order valence-electron chi connectivity index (χ0n) is 18.4. The van der Waals surface area contributed by atoms with Crippen LogP contribution in [0.25, 0.3) is 10.6 Å².